The molecule has 2 nitrogen and oxygen atoms in total. The highest BCUT2D eigenvalue weighted by atomic mass is 32.1. The van der Waals surface area contributed by atoms with E-state index in [1.54, 1.807) is 22.7 Å². The van der Waals surface area contributed by atoms with Crippen molar-refractivity contribution in [2.45, 2.75) is 12.5 Å². The first-order chi connectivity index (χ1) is 9.86. The van der Waals surface area contributed by atoms with Crippen LogP contribution in [0.5, 0.6) is 5.75 Å². The van der Waals surface area contributed by atoms with Gasteiger partial charge in [-0.2, -0.15) is 0 Å². The number of fused-ring (bicyclic) bond motifs is 1. The Morgan fingerprint density at radius 2 is 2.10 bits per heavy atom. The Labute approximate surface area is 127 Å². The number of thiophene rings is 2. The van der Waals surface area contributed by atoms with Gasteiger partial charge in [-0.25, -0.2) is 0 Å². The van der Waals surface area contributed by atoms with E-state index in [9.17, 15) is 0 Å². The van der Waals surface area contributed by atoms with Crippen molar-refractivity contribution in [1.29, 1.82) is 0 Å². The Balaban J connectivity index is 1.81. The maximum atomic E-state index is 6.21. The van der Waals surface area contributed by atoms with Gasteiger partial charge in [0.25, 0.3) is 0 Å². The molecule has 0 saturated heterocycles. The lowest BCUT2D eigenvalue weighted by Gasteiger charge is -2.18. The molecule has 1 aromatic carbocycles. The standard InChI is InChI=1S/C16H17NOS2/c1-17-8-6-14(16-3-2-9-19-16)18-13-4-5-15-12(11-13)7-10-20-15/h2-5,7,9-11,14,17H,6,8H2,1H3. The van der Waals surface area contributed by atoms with Crippen molar-refractivity contribution in [2.75, 3.05) is 13.6 Å². The van der Waals surface area contributed by atoms with E-state index in [1.807, 2.05) is 7.05 Å². The molecule has 0 aliphatic heterocycles. The van der Waals surface area contributed by atoms with Gasteiger partial charge in [0.1, 0.15) is 11.9 Å². The molecule has 0 aliphatic rings. The van der Waals surface area contributed by atoms with E-state index in [0.717, 1.165) is 18.7 Å². The predicted octanol–water partition coefficient (Wildman–Crippen LogP) is 4.69. The third kappa shape index (κ3) is 3.03. The molecule has 104 valence electrons. The molecule has 0 spiro atoms. The molecule has 0 bridgehead atoms. The SMILES string of the molecule is CNCCC(Oc1ccc2sccc2c1)c1cccs1. The van der Waals surface area contributed by atoms with Crippen molar-refractivity contribution in [3.05, 3.63) is 52.0 Å². The molecule has 0 aliphatic carbocycles. The lowest BCUT2D eigenvalue weighted by atomic mass is 10.2. The minimum atomic E-state index is 0.124. The van der Waals surface area contributed by atoms with Crippen molar-refractivity contribution < 1.29 is 4.74 Å². The fourth-order valence-electron chi connectivity index (χ4n) is 2.19. The van der Waals surface area contributed by atoms with E-state index < -0.39 is 0 Å². The van der Waals surface area contributed by atoms with Crippen LogP contribution in [0.15, 0.2) is 47.2 Å². The van der Waals surface area contributed by atoms with E-state index >= 15 is 0 Å². The largest absolute Gasteiger partial charge is 0.485 e. The van der Waals surface area contributed by atoms with Gasteiger partial charge in [0, 0.05) is 16.0 Å². The molecule has 0 saturated carbocycles. The third-order valence-corrected chi connectivity index (χ3v) is 5.08. The van der Waals surface area contributed by atoms with Crippen LogP contribution in [0, 0.1) is 0 Å². The zero-order valence-corrected chi connectivity index (χ0v) is 13.0. The quantitative estimate of drug-likeness (QED) is 0.713. The van der Waals surface area contributed by atoms with Crippen LogP contribution < -0.4 is 10.1 Å². The molecule has 3 rings (SSSR count). The number of hydrogen-bond donors (Lipinski definition) is 1. The van der Waals surface area contributed by atoms with Crippen molar-refractivity contribution in [3.63, 3.8) is 0 Å². The highest BCUT2D eigenvalue weighted by Gasteiger charge is 2.14. The summed E-state index contributed by atoms with van der Waals surface area (Å²) in [5.41, 5.74) is 0. The average Bonchev–Trinajstić information content (AvgIpc) is 3.13. The van der Waals surface area contributed by atoms with Crippen LogP contribution in [0.3, 0.4) is 0 Å². The zero-order chi connectivity index (χ0) is 13.8. The van der Waals surface area contributed by atoms with Gasteiger partial charge >= 0.3 is 0 Å². The Hall–Kier alpha value is -1.36. The first kappa shape index (κ1) is 13.6. The summed E-state index contributed by atoms with van der Waals surface area (Å²) in [6, 6.07) is 12.7. The van der Waals surface area contributed by atoms with E-state index in [4.69, 9.17) is 4.74 Å². The van der Waals surface area contributed by atoms with E-state index in [2.05, 4.69) is 52.5 Å². The minimum absolute atomic E-state index is 0.124. The summed E-state index contributed by atoms with van der Waals surface area (Å²) in [4.78, 5) is 1.28. The summed E-state index contributed by atoms with van der Waals surface area (Å²) < 4.78 is 7.52. The van der Waals surface area contributed by atoms with E-state index in [-0.39, 0.29) is 6.10 Å². The second kappa shape index (κ2) is 6.39. The Bertz CT molecular complexity index is 660. The maximum absolute atomic E-state index is 6.21. The predicted molar refractivity (Wildman–Crippen MR) is 88.1 cm³/mol. The lowest BCUT2D eigenvalue weighted by Crippen LogP contribution is -2.15. The smallest absolute Gasteiger partial charge is 0.134 e. The van der Waals surface area contributed by atoms with Crippen molar-refractivity contribution in [2.24, 2.45) is 0 Å². The molecule has 20 heavy (non-hydrogen) atoms. The monoisotopic (exact) mass is 303 g/mol. The second-order valence-electron chi connectivity index (χ2n) is 4.63. The highest BCUT2D eigenvalue weighted by Crippen LogP contribution is 2.31. The van der Waals surface area contributed by atoms with Crippen LogP contribution in [0.2, 0.25) is 0 Å². The fourth-order valence-corrected chi connectivity index (χ4v) is 3.75. The molecule has 3 aromatic rings. The Morgan fingerprint density at radius 3 is 2.90 bits per heavy atom. The molecule has 0 amide bonds. The van der Waals surface area contributed by atoms with Gasteiger partial charge in [-0.05, 0) is 60.1 Å². The van der Waals surface area contributed by atoms with Crippen molar-refractivity contribution >= 4 is 32.8 Å². The number of rotatable bonds is 6. The molecule has 2 heterocycles. The molecule has 0 fully saturated rings. The van der Waals surface area contributed by atoms with Gasteiger partial charge < -0.3 is 10.1 Å². The van der Waals surface area contributed by atoms with Gasteiger partial charge in [-0.15, -0.1) is 22.7 Å². The number of benzene rings is 1. The summed E-state index contributed by atoms with van der Waals surface area (Å²) in [7, 11) is 1.98. The van der Waals surface area contributed by atoms with Gasteiger partial charge in [0.2, 0.25) is 0 Å². The molecule has 1 N–H and O–H groups in total. The van der Waals surface area contributed by atoms with Crippen LogP contribution in [0.25, 0.3) is 10.1 Å². The maximum Gasteiger partial charge on any atom is 0.134 e. The summed E-state index contributed by atoms with van der Waals surface area (Å²) >= 11 is 3.52. The van der Waals surface area contributed by atoms with Gasteiger partial charge in [0.15, 0.2) is 0 Å². The number of nitrogens with one attached hydrogen (secondary N) is 1. The van der Waals surface area contributed by atoms with Crippen LogP contribution in [-0.4, -0.2) is 13.6 Å². The van der Waals surface area contributed by atoms with Crippen molar-refractivity contribution in [3.8, 4) is 5.75 Å². The molecule has 0 radical (unpaired) electrons. The molecule has 2 aromatic heterocycles. The van der Waals surface area contributed by atoms with Crippen molar-refractivity contribution in [1.82, 2.24) is 5.32 Å². The summed E-state index contributed by atoms with van der Waals surface area (Å²) in [6.07, 6.45) is 1.09. The first-order valence-electron chi connectivity index (χ1n) is 6.69. The van der Waals surface area contributed by atoms with Crippen LogP contribution in [0.1, 0.15) is 17.4 Å². The van der Waals surface area contributed by atoms with Crippen LogP contribution in [-0.2, 0) is 0 Å². The number of ether oxygens (including phenoxy) is 1. The zero-order valence-electron chi connectivity index (χ0n) is 11.3. The number of hydrogen-bond acceptors (Lipinski definition) is 4. The van der Waals surface area contributed by atoms with E-state index in [1.165, 1.54) is 15.0 Å². The van der Waals surface area contributed by atoms with Crippen LogP contribution in [0.4, 0.5) is 0 Å². The molecule has 4 heteroatoms. The second-order valence-corrected chi connectivity index (χ2v) is 6.56. The summed E-state index contributed by atoms with van der Waals surface area (Å²) in [6.45, 7) is 0.948. The Morgan fingerprint density at radius 1 is 1.15 bits per heavy atom. The normalized spacial score (nSPS) is 12.7. The van der Waals surface area contributed by atoms with Gasteiger partial charge in [-0.3, -0.25) is 0 Å². The average molecular weight is 303 g/mol. The topological polar surface area (TPSA) is 21.3 Å². The molecular formula is C16H17NOS2. The molecule has 1 unspecified atom stereocenters. The minimum Gasteiger partial charge on any atom is -0.485 e. The summed E-state index contributed by atoms with van der Waals surface area (Å²) in [5, 5.41) is 8.67. The highest BCUT2D eigenvalue weighted by molar-refractivity contribution is 7.17. The Kier molecular flexibility index (Phi) is 4.35. The van der Waals surface area contributed by atoms with Gasteiger partial charge in [0.05, 0.1) is 0 Å². The molecular weight excluding hydrogens is 286 g/mol. The van der Waals surface area contributed by atoms with Crippen LogP contribution >= 0.6 is 22.7 Å². The molecule has 1 atom stereocenters. The third-order valence-electron chi connectivity index (χ3n) is 3.22. The van der Waals surface area contributed by atoms with Gasteiger partial charge in [-0.1, -0.05) is 6.07 Å². The summed E-state index contributed by atoms with van der Waals surface area (Å²) in [5.74, 6) is 0.949. The first-order valence-corrected chi connectivity index (χ1v) is 8.44. The fraction of sp³-hybridized carbons (Fsp3) is 0.250. The van der Waals surface area contributed by atoms with E-state index in [0.29, 0.717) is 0 Å². The lowest BCUT2D eigenvalue weighted by molar-refractivity contribution is 0.199.